The van der Waals surface area contributed by atoms with E-state index in [0.29, 0.717) is 6.54 Å². The van der Waals surface area contributed by atoms with Crippen LogP contribution in [0.3, 0.4) is 0 Å². The van der Waals surface area contributed by atoms with Gasteiger partial charge in [-0.15, -0.1) is 0 Å². The third kappa shape index (κ3) is 3.81. The van der Waals surface area contributed by atoms with Crippen LogP contribution in [0.1, 0.15) is 5.56 Å². The van der Waals surface area contributed by atoms with Gasteiger partial charge in [0.15, 0.2) is 0 Å². The van der Waals surface area contributed by atoms with Crippen molar-refractivity contribution in [3.8, 4) is 5.75 Å². The average Bonchev–Trinajstić information content (AvgIpc) is 2.39. The number of benzene rings is 2. The molecule has 2 aromatic rings. The van der Waals surface area contributed by atoms with Gasteiger partial charge in [0.05, 0.1) is 10.7 Å². The third-order valence-corrected chi connectivity index (χ3v) is 2.90. The molecule has 0 fully saturated rings. The molecule has 2 nitrogen and oxygen atoms in total. The molecule has 0 atom stereocenters. The van der Waals surface area contributed by atoms with Crippen molar-refractivity contribution in [2.45, 2.75) is 13.2 Å². The lowest BCUT2D eigenvalue weighted by molar-refractivity contribution is -0.0498. The topological polar surface area (TPSA) is 21.3 Å². The molecule has 0 saturated heterocycles. The quantitative estimate of drug-likeness (QED) is 0.865. The van der Waals surface area contributed by atoms with Gasteiger partial charge in [-0.05, 0) is 29.8 Å². The molecule has 0 aliphatic carbocycles. The summed E-state index contributed by atoms with van der Waals surface area (Å²) in [6.07, 6.45) is 0. The Labute approximate surface area is 119 Å². The van der Waals surface area contributed by atoms with E-state index in [0.717, 1.165) is 5.56 Å². The standard InChI is InChI=1S/C14H11ClF3NO/c15-11-2-1-3-12(16)13(11)19-8-9-4-6-10(7-5-9)20-14(17)18/h1-7,14,19H,8H2. The normalized spacial score (nSPS) is 10.7. The van der Waals surface area contributed by atoms with Gasteiger partial charge in [-0.25, -0.2) is 4.39 Å². The first-order valence-corrected chi connectivity index (χ1v) is 6.15. The van der Waals surface area contributed by atoms with Gasteiger partial charge in [0.25, 0.3) is 0 Å². The molecular weight excluding hydrogens is 291 g/mol. The zero-order valence-corrected chi connectivity index (χ0v) is 11.0. The highest BCUT2D eigenvalue weighted by Crippen LogP contribution is 2.25. The van der Waals surface area contributed by atoms with Crippen LogP contribution in [-0.4, -0.2) is 6.61 Å². The molecule has 0 aliphatic heterocycles. The number of hydrogen-bond acceptors (Lipinski definition) is 2. The van der Waals surface area contributed by atoms with E-state index >= 15 is 0 Å². The number of para-hydroxylation sites is 1. The Hall–Kier alpha value is -1.88. The molecule has 0 aromatic heterocycles. The zero-order valence-electron chi connectivity index (χ0n) is 10.2. The number of halogens is 4. The lowest BCUT2D eigenvalue weighted by atomic mass is 10.2. The molecule has 0 saturated carbocycles. The van der Waals surface area contributed by atoms with Crippen LogP contribution in [0.5, 0.6) is 5.75 Å². The summed E-state index contributed by atoms with van der Waals surface area (Å²) in [6.45, 7) is -2.54. The second kappa shape index (κ2) is 6.52. The maximum absolute atomic E-state index is 13.5. The van der Waals surface area contributed by atoms with Crippen LogP contribution in [0, 0.1) is 5.82 Å². The van der Waals surface area contributed by atoms with Crippen LogP contribution in [0.25, 0.3) is 0 Å². The number of ether oxygens (including phenoxy) is 1. The smallest absolute Gasteiger partial charge is 0.387 e. The highest BCUT2D eigenvalue weighted by molar-refractivity contribution is 6.33. The van der Waals surface area contributed by atoms with Crippen LogP contribution in [0.2, 0.25) is 5.02 Å². The van der Waals surface area contributed by atoms with Crippen molar-refractivity contribution >= 4 is 17.3 Å². The van der Waals surface area contributed by atoms with E-state index in [1.165, 1.54) is 24.3 Å². The first-order chi connectivity index (χ1) is 9.56. The Kier molecular flexibility index (Phi) is 4.74. The summed E-state index contributed by atoms with van der Waals surface area (Å²) in [5.74, 6) is -0.372. The van der Waals surface area contributed by atoms with Gasteiger partial charge >= 0.3 is 6.61 Å². The van der Waals surface area contributed by atoms with Crippen molar-refractivity contribution in [3.05, 3.63) is 58.9 Å². The van der Waals surface area contributed by atoms with Crippen LogP contribution in [-0.2, 0) is 6.54 Å². The van der Waals surface area contributed by atoms with Crippen LogP contribution in [0.15, 0.2) is 42.5 Å². The fourth-order valence-corrected chi connectivity index (χ4v) is 1.88. The van der Waals surface area contributed by atoms with Gasteiger partial charge in [-0.1, -0.05) is 29.8 Å². The predicted molar refractivity (Wildman–Crippen MR) is 71.8 cm³/mol. The lowest BCUT2D eigenvalue weighted by Gasteiger charge is -2.10. The van der Waals surface area contributed by atoms with E-state index in [1.807, 2.05) is 0 Å². The van der Waals surface area contributed by atoms with E-state index < -0.39 is 12.4 Å². The molecule has 0 bridgehead atoms. The average molecular weight is 302 g/mol. The van der Waals surface area contributed by atoms with Gasteiger partial charge in [0, 0.05) is 6.54 Å². The number of nitrogens with one attached hydrogen (secondary N) is 1. The van der Waals surface area contributed by atoms with Gasteiger partial charge in [-0.3, -0.25) is 0 Å². The van der Waals surface area contributed by atoms with Crippen molar-refractivity contribution in [2.24, 2.45) is 0 Å². The molecule has 0 spiro atoms. The maximum Gasteiger partial charge on any atom is 0.387 e. The minimum absolute atomic E-state index is 0.0766. The van der Waals surface area contributed by atoms with Crippen LogP contribution in [0.4, 0.5) is 18.9 Å². The molecule has 0 heterocycles. The summed E-state index contributed by atoms with van der Waals surface area (Å²) in [6, 6.07) is 10.5. The van der Waals surface area contributed by atoms with E-state index in [1.54, 1.807) is 18.2 Å². The summed E-state index contributed by atoms with van der Waals surface area (Å²) >= 11 is 5.87. The second-order valence-corrected chi connectivity index (χ2v) is 4.38. The Morgan fingerprint density at radius 2 is 1.80 bits per heavy atom. The van der Waals surface area contributed by atoms with Gasteiger partial charge in [-0.2, -0.15) is 8.78 Å². The van der Waals surface area contributed by atoms with E-state index in [4.69, 9.17) is 11.6 Å². The molecular formula is C14H11ClF3NO. The third-order valence-electron chi connectivity index (χ3n) is 2.58. The second-order valence-electron chi connectivity index (χ2n) is 3.97. The van der Waals surface area contributed by atoms with Crippen molar-refractivity contribution in [2.75, 3.05) is 5.32 Å². The van der Waals surface area contributed by atoms with Crippen molar-refractivity contribution in [1.29, 1.82) is 0 Å². The summed E-state index contributed by atoms with van der Waals surface area (Å²) in [5, 5.41) is 3.14. The molecule has 0 amide bonds. The van der Waals surface area contributed by atoms with Crippen LogP contribution < -0.4 is 10.1 Å². The number of hydrogen-bond donors (Lipinski definition) is 1. The molecule has 2 rings (SSSR count). The minimum Gasteiger partial charge on any atom is -0.435 e. The van der Waals surface area contributed by atoms with Crippen molar-refractivity contribution in [3.63, 3.8) is 0 Å². The molecule has 0 radical (unpaired) electrons. The molecule has 106 valence electrons. The maximum atomic E-state index is 13.5. The fraction of sp³-hybridized carbons (Fsp3) is 0.143. The zero-order chi connectivity index (χ0) is 14.5. The van der Waals surface area contributed by atoms with Crippen molar-refractivity contribution in [1.82, 2.24) is 0 Å². The van der Waals surface area contributed by atoms with Gasteiger partial charge in [0.1, 0.15) is 11.6 Å². The first kappa shape index (κ1) is 14.5. The summed E-state index contributed by atoms with van der Waals surface area (Å²) in [5.41, 5.74) is 0.994. The molecule has 0 unspecified atom stereocenters. The van der Waals surface area contributed by atoms with Gasteiger partial charge in [0.2, 0.25) is 0 Å². The van der Waals surface area contributed by atoms with E-state index in [-0.39, 0.29) is 16.5 Å². The molecule has 0 aliphatic rings. The SMILES string of the molecule is Fc1cccc(Cl)c1NCc1ccc(OC(F)F)cc1. The number of alkyl halides is 2. The predicted octanol–water partition coefficient (Wildman–Crippen LogP) is 4.69. The lowest BCUT2D eigenvalue weighted by Crippen LogP contribution is -2.04. The van der Waals surface area contributed by atoms with Crippen LogP contribution >= 0.6 is 11.6 Å². The Morgan fingerprint density at radius 1 is 1.10 bits per heavy atom. The van der Waals surface area contributed by atoms with Crippen molar-refractivity contribution < 1.29 is 17.9 Å². The largest absolute Gasteiger partial charge is 0.435 e. The Bertz CT molecular complexity index is 555. The van der Waals surface area contributed by atoms with E-state index in [9.17, 15) is 13.2 Å². The summed E-state index contributed by atoms with van der Waals surface area (Å²) < 4.78 is 41.7. The number of anilines is 1. The molecule has 1 N–H and O–H groups in total. The molecule has 20 heavy (non-hydrogen) atoms. The first-order valence-electron chi connectivity index (χ1n) is 5.78. The van der Waals surface area contributed by atoms with E-state index in [2.05, 4.69) is 10.1 Å². The monoisotopic (exact) mass is 301 g/mol. The number of rotatable bonds is 5. The summed E-state index contributed by atoms with van der Waals surface area (Å²) in [4.78, 5) is 0. The molecule has 6 heteroatoms. The summed E-state index contributed by atoms with van der Waals surface area (Å²) in [7, 11) is 0. The van der Waals surface area contributed by atoms with Gasteiger partial charge < -0.3 is 10.1 Å². The highest BCUT2D eigenvalue weighted by atomic mass is 35.5. The minimum atomic E-state index is -2.85. The molecule has 2 aromatic carbocycles. The Balaban J connectivity index is 2.00. The highest BCUT2D eigenvalue weighted by Gasteiger charge is 2.07. The Morgan fingerprint density at radius 3 is 2.40 bits per heavy atom. The fourth-order valence-electron chi connectivity index (χ4n) is 1.65.